The van der Waals surface area contributed by atoms with E-state index in [0.717, 1.165) is 11.3 Å². The van der Waals surface area contributed by atoms with Gasteiger partial charge in [0.15, 0.2) is 0 Å². The number of alkyl carbamates (subject to hydrolysis) is 1. The molecule has 0 atom stereocenters. The van der Waals surface area contributed by atoms with Crippen molar-refractivity contribution in [1.29, 1.82) is 0 Å². The molecule has 0 saturated carbocycles. The second-order valence-electron chi connectivity index (χ2n) is 7.29. The first kappa shape index (κ1) is 20.8. The van der Waals surface area contributed by atoms with E-state index in [2.05, 4.69) is 16.0 Å². The molecule has 1 aromatic carbocycles. The van der Waals surface area contributed by atoms with Gasteiger partial charge in [-0.25, -0.2) is 9.59 Å². The van der Waals surface area contributed by atoms with Gasteiger partial charge in [-0.2, -0.15) is 0 Å². The minimum atomic E-state index is -0.554. The van der Waals surface area contributed by atoms with Crippen LogP contribution in [-0.4, -0.2) is 29.8 Å². The van der Waals surface area contributed by atoms with Crippen LogP contribution < -0.4 is 16.0 Å². The molecule has 0 aromatic heterocycles. The van der Waals surface area contributed by atoms with Gasteiger partial charge < -0.3 is 20.7 Å². The van der Waals surface area contributed by atoms with Gasteiger partial charge in [-0.05, 0) is 52.7 Å². The number of amides is 3. The average molecular weight is 349 g/mol. The number of nitrogens with one attached hydrogen (secondary N) is 3. The summed E-state index contributed by atoms with van der Waals surface area (Å²) >= 11 is 0. The number of rotatable bonds is 6. The summed E-state index contributed by atoms with van der Waals surface area (Å²) in [4.78, 5) is 24.2. The van der Waals surface area contributed by atoms with Crippen LogP contribution >= 0.6 is 0 Å². The third kappa shape index (κ3) is 7.45. The molecule has 3 amide bonds. The van der Waals surface area contributed by atoms with E-state index >= 15 is 0 Å². The van der Waals surface area contributed by atoms with E-state index in [9.17, 15) is 9.59 Å². The van der Waals surface area contributed by atoms with Gasteiger partial charge in [0.1, 0.15) is 5.60 Å². The van der Waals surface area contributed by atoms with Gasteiger partial charge in [0.25, 0.3) is 0 Å². The number of hydrogen-bond acceptors (Lipinski definition) is 3. The van der Waals surface area contributed by atoms with Crippen molar-refractivity contribution in [3.8, 4) is 0 Å². The van der Waals surface area contributed by atoms with Gasteiger partial charge in [0.05, 0.1) is 5.54 Å². The highest BCUT2D eigenvalue weighted by molar-refractivity contribution is 5.89. The van der Waals surface area contributed by atoms with Crippen LogP contribution in [0.4, 0.5) is 15.3 Å². The number of carbonyl (C=O) groups is 2. The number of aryl methyl sites for hydroxylation is 1. The molecular formula is C19H31N3O3. The molecule has 0 bridgehead atoms. The quantitative estimate of drug-likeness (QED) is 0.720. The molecule has 0 unspecified atom stereocenters. The van der Waals surface area contributed by atoms with E-state index in [-0.39, 0.29) is 6.03 Å². The van der Waals surface area contributed by atoms with Gasteiger partial charge >= 0.3 is 12.1 Å². The standard InChI is InChI=1S/C19H31N3O3/c1-7-19(8-2,13-20-17(24)25-18(4,5)6)22-16(23)21-15-11-9-14(3)10-12-15/h9-12H,7-8,13H2,1-6H3,(H,20,24)(H2,21,22,23). The normalized spacial score (nSPS) is 11.6. The van der Waals surface area contributed by atoms with Crippen molar-refractivity contribution in [2.24, 2.45) is 0 Å². The highest BCUT2D eigenvalue weighted by Gasteiger charge is 2.29. The summed E-state index contributed by atoms with van der Waals surface area (Å²) in [6.45, 7) is 11.7. The highest BCUT2D eigenvalue weighted by Crippen LogP contribution is 2.16. The van der Waals surface area contributed by atoms with Crippen LogP contribution in [0.5, 0.6) is 0 Å². The summed E-state index contributed by atoms with van der Waals surface area (Å²) in [7, 11) is 0. The van der Waals surface area contributed by atoms with Crippen molar-refractivity contribution in [3.63, 3.8) is 0 Å². The first-order valence-electron chi connectivity index (χ1n) is 8.72. The molecule has 0 fully saturated rings. The fraction of sp³-hybridized carbons (Fsp3) is 0.579. The predicted molar refractivity (Wildman–Crippen MR) is 101 cm³/mol. The second kappa shape index (κ2) is 8.74. The van der Waals surface area contributed by atoms with Crippen LogP contribution in [0.25, 0.3) is 0 Å². The number of carbonyl (C=O) groups excluding carboxylic acids is 2. The minimum absolute atomic E-state index is 0.293. The largest absolute Gasteiger partial charge is 0.444 e. The molecule has 140 valence electrons. The zero-order valence-corrected chi connectivity index (χ0v) is 16.2. The van der Waals surface area contributed by atoms with Gasteiger partial charge in [-0.1, -0.05) is 31.5 Å². The zero-order chi connectivity index (χ0) is 19.1. The summed E-state index contributed by atoms with van der Waals surface area (Å²) in [5.41, 5.74) is 0.765. The van der Waals surface area contributed by atoms with Crippen LogP contribution in [0.1, 0.15) is 53.0 Å². The van der Waals surface area contributed by atoms with Crippen LogP contribution in [-0.2, 0) is 4.74 Å². The summed E-state index contributed by atoms with van der Waals surface area (Å²) < 4.78 is 5.26. The van der Waals surface area contributed by atoms with Gasteiger partial charge in [0, 0.05) is 12.2 Å². The Balaban J connectivity index is 2.65. The Bertz CT molecular complexity index is 573. The highest BCUT2D eigenvalue weighted by atomic mass is 16.6. The number of benzene rings is 1. The Morgan fingerprint density at radius 1 is 1.04 bits per heavy atom. The Hall–Kier alpha value is -2.24. The van der Waals surface area contributed by atoms with Crippen LogP contribution in [0.2, 0.25) is 0 Å². The van der Waals surface area contributed by atoms with Gasteiger partial charge in [0.2, 0.25) is 0 Å². The fourth-order valence-corrected chi connectivity index (χ4v) is 2.32. The molecular weight excluding hydrogens is 318 g/mol. The molecule has 0 saturated heterocycles. The Morgan fingerprint density at radius 3 is 2.08 bits per heavy atom. The third-order valence-electron chi connectivity index (χ3n) is 4.01. The lowest BCUT2D eigenvalue weighted by atomic mass is 9.93. The maximum Gasteiger partial charge on any atom is 0.407 e. The van der Waals surface area contributed by atoms with E-state index in [0.29, 0.717) is 19.4 Å². The van der Waals surface area contributed by atoms with Crippen LogP contribution in [0.15, 0.2) is 24.3 Å². The molecule has 1 aromatic rings. The van der Waals surface area contributed by atoms with Crippen LogP contribution in [0, 0.1) is 6.92 Å². The molecule has 0 aliphatic carbocycles. The van der Waals surface area contributed by atoms with Crippen molar-refractivity contribution in [3.05, 3.63) is 29.8 Å². The summed E-state index contributed by atoms with van der Waals surface area (Å²) in [6.07, 6.45) is 0.876. The van der Waals surface area contributed by atoms with Gasteiger partial charge in [-0.3, -0.25) is 0 Å². The Morgan fingerprint density at radius 2 is 1.60 bits per heavy atom. The van der Waals surface area contributed by atoms with Crippen LogP contribution in [0.3, 0.4) is 0 Å². The number of ether oxygens (including phenoxy) is 1. The van der Waals surface area contributed by atoms with Crippen molar-refractivity contribution < 1.29 is 14.3 Å². The molecule has 0 aliphatic rings. The summed E-state index contributed by atoms with van der Waals surface area (Å²) in [5, 5.41) is 8.57. The molecule has 0 heterocycles. The summed E-state index contributed by atoms with van der Waals surface area (Å²) in [5.74, 6) is 0. The minimum Gasteiger partial charge on any atom is -0.444 e. The molecule has 0 aliphatic heterocycles. The predicted octanol–water partition coefficient (Wildman–Crippen LogP) is 4.20. The van der Waals surface area contributed by atoms with E-state index in [1.54, 1.807) is 0 Å². The molecule has 0 spiro atoms. The maximum absolute atomic E-state index is 12.3. The first-order valence-corrected chi connectivity index (χ1v) is 8.72. The molecule has 1 rings (SSSR count). The Labute approximate surface area is 150 Å². The van der Waals surface area contributed by atoms with E-state index in [1.807, 2.05) is 65.8 Å². The number of anilines is 1. The van der Waals surface area contributed by atoms with Gasteiger partial charge in [-0.15, -0.1) is 0 Å². The Kier molecular flexibility index (Phi) is 7.27. The first-order chi connectivity index (χ1) is 11.6. The molecule has 0 radical (unpaired) electrons. The lowest BCUT2D eigenvalue weighted by Gasteiger charge is -2.33. The topological polar surface area (TPSA) is 79.5 Å². The zero-order valence-electron chi connectivity index (χ0n) is 16.2. The SMILES string of the molecule is CCC(CC)(CNC(=O)OC(C)(C)C)NC(=O)Nc1ccc(C)cc1. The third-order valence-corrected chi connectivity index (χ3v) is 4.01. The molecule has 25 heavy (non-hydrogen) atoms. The van der Waals surface area contributed by atoms with E-state index in [4.69, 9.17) is 4.74 Å². The summed E-state index contributed by atoms with van der Waals surface area (Å²) in [6, 6.07) is 7.29. The second-order valence-corrected chi connectivity index (χ2v) is 7.29. The number of hydrogen-bond donors (Lipinski definition) is 3. The molecule has 6 nitrogen and oxygen atoms in total. The fourth-order valence-electron chi connectivity index (χ4n) is 2.32. The molecule has 6 heteroatoms. The van der Waals surface area contributed by atoms with E-state index < -0.39 is 17.2 Å². The lowest BCUT2D eigenvalue weighted by molar-refractivity contribution is 0.0509. The van der Waals surface area contributed by atoms with Crippen molar-refractivity contribution in [2.75, 3.05) is 11.9 Å². The van der Waals surface area contributed by atoms with Crippen molar-refractivity contribution in [2.45, 2.75) is 65.5 Å². The van der Waals surface area contributed by atoms with Crippen molar-refractivity contribution >= 4 is 17.8 Å². The smallest absolute Gasteiger partial charge is 0.407 e. The van der Waals surface area contributed by atoms with Crippen molar-refractivity contribution in [1.82, 2.24) is 10.6 Å². The van der Waals surface area contributed by atoms with E-state index in [1.165, 1.54) is 0 Å². The average Bonchev–Trinajstić information content (AvgIpc) is 2.52. The molecule has 3 N–H and O–H groups in total. The monoisotopic (exact) mass is 349 g/mol. The lowest BCUT2D eigenvalue weighted by Crippen LogP contribution is -2.56. The maximum atomic E-state index is 12.3. The number of urea groups is 1.